The fourth-order valence-corrected chi connectivity index (χ4v) is 3.16. The van der Waals surface area contributed by atoms with Crippen LogP contribution in [-0.2, 0) is 19.3 Å². The van der Waals surface area contributed by atoms with E-state index < -0.39 is 15.8 Å². The molecule has 0 aliphatic carbocycles. The second kappa shape index (κ2) is 7.02. The van der Waals surface area contributed by atoms with Gasteiger partial charge >= 0.3 is 5.97 Å². The van der Waals surface area contributed by atoms with Crippen LogP contribution < -0.4 is 0 Å². The van der Waals surface area contributed by atoms with E-state index in [1.807, 2.05) is 0 Å². The molecule has 0 amide bonds. The standard InChI is InChI=1S/C14H18O6S/c15-14(16)11-4-6-12(7-5-11)21(17,18)10-9-20-13-3-1-2-8-19-13/h4-7,13H,1-3,8-10H2,(H,15,16). The quantitative estimate of drug-likeness (QED) is 0.859. The fraction of sp³-hybridized carbons (Fsp3) is 0.500. The van der Waals surface area contributed by atoms with Gasteiger partial charge in [-0.3, -0.25) is 0 Å². The van der Waals surface area contributed by atoms with Crippen molar-refractivity contribution in [2.24, 2.45) is 0 Å². The van der Waals surface area contributed by atoms with Crippen LogP contribution in [0.3, 0.4) is 0 Å². The molecule has 1 unspecified atom stereocenters. The third-order valence-electron chi connectivity index (χ3n) is 3.25. The number of aromatic carboxylic acids is 1. The Labute approximate surface area is 123 Å². The van der Waals surface area contributed by atoms with Gasteiger partial charge in [-0.1, -0.05) is 0 Å². The summed E-state index contributed by atoms with van der Waals surface area (Å²) in [6, 6.07) is 5.16. The van der Waals surface area contributed by atoms with Crippen molar-refractivity contribution < 1.29 is 27.8 Å². The second-order valence-corrected chi connectivity index (χ2v) is 6.92. The summed E-state index contributed by atoms with van der Waals surface area (Å²) in [6.07, 6.45) is 2.50. The van der Waals surface area contributed by atoms with Gasteiger partial charge in [0.2, 0.25) is 0 Å². The lowest BCUT2D eigenvalue weighted by Gasteiger charge is -2.22. The molecule has 1 fully saturated rings. The van der Waals surface area contributed by atoms with Crippen molar-refractivity contribution in [2.75, 3.05) is 19.0 Å². The molecule has 0 radical (unpaired) electrons. The number of carboxylic acids is 1. The first-order valence-corrected chi connectivity index (χ1v) is 8.43. The Hall–Kier alpha value is -1.44. The van der Waals surface area contributed by atoms with Crippen LogP contribution in [0.1, 0.15) is 29.6 Å². The van der Waals surface area contributed by atoms with Crippen LogP contribution in [-0.4, -0.2) is 44.8 Å². The number of hydrogen-bond acceptors (Lipinski definition) is 5. The van der Waals surface area contributed by atoms with E-state index in [9.17, 15) is 13.2 Å². The fourth-order valence-electron chi connectivity index (χ4n) is 2.05. The van der Waals surface area contributed by atoms with Crippen molar-refractivity contribution in [1.29, 1.82) is 0 Å². The summed E-state index contributed by atoms with van der Waals surface area (Å²) in [7, 11) is -3.48. The highest BCUT2D eigenvalue weighted by Gasteiger charge is 2.18. The van der Waals surface area contributed by atoms with Gasteiger partial charge in [0.1, 0.15) is 0 Å². The topological polar surface area (TPSA) is 89.9 Å². The molecule has 21 heavy (non-hydrogen) atoms. The van der Waals surface area contributed by atoms with E-state index in [0.29, 0.717) is 6.61 Å². The van der Waals surface area contributed by atoms with Crippen molar-refractivity contribution in [2.45, 2.75) is 30.4 Å². The van der Waals surface area contributed by atoms with Gasteiger partial charge < -0.3 is 14.6 Å². The summed E-state index contributed by atoms with van der Waals surface area (Å²) in [5.41, 5.74) is 0.0563. The molecule has 1 atom stereocenters. The van der Waals surface area contributed by atoms with Crippen molar-refractivity contribution in [3.8, 4) is 0 Å². The predicted molar refractivity (Wildman–Crippen MR) is 75.0 cm³/mol. The monoisotopic (exact) mass is 314 g/mol. The van der Waals surface area contributed by atoms with Crippen LogP contribution in [0.15, 0.2) is 29.2 Å². The maximum Gasteiger partial charge on any atom is 0.335 e. The zero-order valence-electron chi connectivity index (χ0n) is 11.5. The Kier molecular flexibility index (Phi) is 5.33. The molecular weight excluding hydrogens is 296 g/mol. The van der Waals surface area contributed by atoms with E-state index >= 15 is 0 Å². The minimum absolute atomic E-state index is 0.0563. The van der Waals surface area contributed by atoms with E-state index in [-0.39, 0.29) is 29.1 Å². The molecule has 1 aromatic rings. The third-order valence-corrected chi connectivity index (χ3v) is 4.95. The molecule has 6 nitrogen and oxygen atoms in total. The SMILES string of the molecule is O=C(O)c1ccc(S(=O)(=O)CCOC2CCCCO2)cc1. The number of carbonyl (C=O) groups is 1. The van der Waals surface area contributed by atoms with Crippen LogP contribution in [0.4, 0.5) is 0 Å². The molecule has 7 heteroatoms. The summed E-state index contributed by atoms with van der Waals surface area (Å²) >= 11 is 0. The van der Waals surface area contributed by atoms with Crippen LogP contribution in [0.5, 0.6) is 0 Å². The molecule has 0 spiro atoms. The van der Waals surface area contributed by atoms with Gasteiger partial charge in [0.25, 0.3) is 0 Å². The summed E-state index contributed by atoms with van der Waals surface area (Å²) < 4.78 is 34.9. The van der Waals surface area contributed by atoms with Gasteiger partial charge in [-0.05, 0) is 43.5 Å². The zero-order chi connectivity index (χ0) is 15.3. The highest BCUT2D eigenvalue weighted by molar-refractivity contribution is 7.91. The number of benzene rings is 1. The Morgan fingerprint density at radius 2 is 2.00 bits per heavy atom. The van der Waals surface area contributed by atoms with Crippen molar-refractivity contribution >= 4 is 15.8 Å². The van der Waals surface area contributed by atoms with Crippen LogP contribution in [0.25, 0.3) is 0 Å². The van der Waals surface area contributed by atoms with E-state index in [4.69, 9.17) is 14.6 Å². The normalized spacial score (nSPS) is 19.3. The average molecular weight is 314 g/mol. The van der Waals surface area contributed by atoms with Gasteiger partial charge in [-0.25, -0.2) is 13.2 Å². The van der Waals surface area contributed by atoms with Gasteiger partial charge in [-0.2, -0.15) is 0 Å². The molecule has 0 bridgehead atoms. The van der Waals surface area contributed by atoms with E-state index in [1.165, 1.54) is 24.3 Å². The van der Waals surface area contributed by atoms with Crippen LogP contribution in [0.2, 0.25) is 0 Å². The molecule has 116 valence electrons. The molecular formula is C14H18O6S. The number of carboxylic acid groups (broad SMARTS) is 1. The number of hydrogen-bond donors (Lipinski definition) is 1. The van der Waals surface area contributed by atoms with Gasteiger partial charge in [0.15, 0.2) is 16.1 Å². The van der Waals surface area contributed by atoms with E-state index in [2.05, 4.69) is 0 Å². The molecule has 2 rings (SSSR count). The summed E-state index contributed by atoms with van der Waals surface area (Å²) in [5.74, 6) is -1.24. The first-order chi connectivity index (χ1) is 9.99. The van der Waals surface area contributed by atoms with Gasteiger partial charge in [0, 0.05) is 6.61 Å². The lowest BCUT2D eigenvalue weighted by atomic mass is 10.2. The highest BCUT2D eigenvalue weighted by Crippen LogP contribution is 2.16. The smallest absolute Gasteiger partial charge is 0.335 e. The summed E-state index contributed by atoms with van der Waals surface area (Å²) in [4.78, 5) is 10.8. The Bertz CT molecular complexity index is 572. The van der Waals surface area contributed by atoms with Gasteiger partial charge in [0.05, 0.1) is 22.8 Å². The summed E-state index contributed by atoms with van der Waals surface area (Å²) in [5, 5.41) is 8.78. The highest BCUT2D eigenvalue weighted by atomic mass is 32.2. The number of ether oxygens (including phenoxy) is 2. The number of sulfone groups is 1. The zero-order valence-corrected chi connectivity index (χ0v) is 12.3. The van der Waals surface area contributed by atoms with Crippen LogP contribution in [0, 0.1) is 0 Å². The first kappa shape index (κ1) is 15.9. The minimum atomic E-state index is -3.48. The first-order valence-electron chi connectivity index (χ1n) is 6.78. The predicted octanol–water partition coefficient (Wildman–Crippen LogP) is 1.70. The molecule has 1 aliphatic rings. The molecule has 1 heterocycles. The third kappa shape index (κ3) is 4.52. The number of rotatable bonds is 6. The molecule has 0 saturated carbocycles. The van der Waals surface area contributed by atoms with Crippen molar-refractivity contribution in [1.82, 2.24) is 0 Å². The molecule has 1 N–H and O–H groups in total. The summed E-state index contributed by atoms with van der Waals surface area (Å²) in [6.45, 7) is 0.710. The minimum Gasteiger partial charge on any atom is -0.478 e. The maximum absolute atomic E-state index is 12.1. The van der Waals surface area contributed by atoms with Crippen LogP contribution >= 0.6 is 0 Å². The van der Waals surface area contributed by atoms with E-state index in [0.717, 1.165) is 19.3 Å². The lowest BCUT2D eigenvalue weighted by Crippen LogP contribution is -2.25. The van der Waals surface area contributed by atoms with Crippen molar-refractivity contribution in [3.05, 3.63) is 29.8 Å². The second-order valence-electron chi connectivity index (χ2n) is 4.82. The maximum atomic E-state index is 12.1. The van der Waals surface area contributed by atoms with E-state index in [1.54, 1.807) is 0 Å². The Morgan fingerprint density at radius 3 is 2.57 bits per heavy atom. The van der Waals surface area contributed by atoms with Crippen molar-refractivity contribution in [3.63, 3.8) is 0 Å². The largest absolute Gasteiger partial charge is 0.478 e. The average Bonchev–Trinajstić information content (AvgIpc) is 2.48. The molecule has 1 saturated heterocycles. The Balaban J connectivity index is 1.90. The Morgan fingerprint density at radius 1 is 1.29 bits per heavy atom. The molecule has 1 aliphatic heterocycles. The molecule has 0 aromatic heterocycles. The molecule has 1 aromatic carbocycles. The van der Waals surface area contributed by atoms with Gasteiger partial charge in [-0.15, -0.1) is 0 Å². The lowest BCUT2D eigenvalue weighted by molar-refractivity contribution is -0.158.